The summed E-state index contributed by atoms with van der Waals surface area (Å²) in [5.41, 5.74) is 2.14. The first-order valence-corrected chi connectivity index (χ1v) is 9.83. The van der Waals surface area contributed by atoms with Gasteiger partial charge in [-0.2, -0.15) is 0 Å². The highest BCUT2D eigenvalue weighted by Crippen LogP contribution is 2.09. The summed E-state index contributed by atoms with van der Waals surface area (Å²) in [6.45, 7) is 2.64. The molecule has 0 aromatic heterocycles. The maximum Gasteiger partial charge on any atom is 0.240 e. The highest BCUT2D eigenvalue weighted by Gasteiger charge is 2.12. The van der Waals surface area contributed by atoms with E-state index in [1.54, 1.807) is 24.3 Å². The third kappa shape index (κ3) is 6.68. The minimum atomic E-state index is -3.49. The fourth-order valence-electron chi connectivity index (χ4n) is 2.31. The third-order valence-electron chi connectivity index (χ3n) is 3.78. The lowest BCUT2D eigenvalue weighted by atomic mass is 10.1. The molecule has 25 heavy (non-hydrogen) atoms. The van der Waals surface area contributed by atoms with Crippen molar-refractivity contribution in [2.45, 2.75) is 31.1 Å². The Balaban J connectivity index is 1.64. The number of hydrogen-bond acceptors (Lipinski definition) is 3. The zero-order valence-corrected chi connectivity index (χ0v) is 15.2. The van der Waals surface area contributed by atoms with Crippen LogP contribution in [0.25, 0.3) is 0 Å². The van der Waals surface area contributed by atoms with Crippen LogP contribution in [0.4, 0.5) is 0 Å². The van der Waals surface area contributed by atoms with Crippen molar-refractivity contribution in [3.63, 3.8) is 0 Å². The fraction of sp³-hybridized carbons (Fsp3) is 0.316. The number of sulfonamides is 1. The molecule has 0 spiro atoms. The van der Waals surface area contributed by atoms with E-state index in [-0.39, 0.29) is 17.3 Å². The van der Waals surface area contributed by atoms with Gasteiger partial charge in [0.2, 0.25) is 15.9 Å². The lowest BCUT2D eigenvalue weighted by molar-refractivity contribution is -0.121. The molecule has 2 N–H and O–H groups in total. The Labute approximate surface area is 149 Å². The predicted octanol–water partition coefficient (Wildman–Crippen LogP) is 2.41. The summed E-state index contributed by atoms with van der Waals surface area (Å²) >= 11 is 0. The molecular weight excluding hydrogens is 336 g/mol. The van der Waals surface area contributed by atoms with E-state index in [0.717, 1.165) is 11.1 Å². The SMILES string of the molecule is Cc1ccc(S(=O)(=O)NCCCNC(=O)CCc2ccccc2)cc1. The molecule has 2 aromatic carbocycles. The summed E-state index contributed by atoms with van der Waals surface area (Å²) in [5, 5.41) is 2.81. The summed E-state index contributed by atoms with van der Waals surface area (Å²) in [6, 6.07) is 16.5. The normalized spacial score (nSPS) is 11.2. The molecule has 0 radical (unpaired) electrons. The van der Waals surface area contributed by atoms with Crippen LogP contribution in [0.5, 0.6) is 0 Å². The Hall–Kier alpha value is -2.18. The van der Waals surface area contributed by atoms with Crippen molar-refractivity contribution in [1.82, 2.24) is 10.0 Å². The first-order valence-electron chi connectivity index (χ1n) is 8.34. The van der Waals surface area contributed by atoms with E-state index in [1.165, 1.54) is 0 Å². The van der Waals surface area contributed by atoms with Crippen molar-refractivity contribution >= 4 is 15.9 Å². The van der Waals surface area contributed by atoms with Gasteiger partial charge in [0.15, 0.2) is 0 Å². The molecule has 0 unspecified atom stereocenters. The van der Waals surface area contributed by atoms with Crippen molar-refractivity contribution in [2.24, 2.45) is 0 Å². The molecule has 0 bridgehead atoms. The van der Waals surface area contributed by atoms with Gasteiger partial charge < -0.3 is 5.32 Å². The Morgan fingerprint density at radius 2 is 1.64 bits per heavy atom. The molecular formula is C19H24N2O3S. The molecule has 0 saturated carbocycles. The highest BCUT2D eigenvalue weighted by molar-refractivity contribution is 7.89. The van der Waals surface area contributed by atoms with Crippen molar-refractivity contribution < 1.29 is 13.2 Å². The van der Waals surface area contributed by atoms with Gasteiger partial charge in [-0.1, -0.05) is 48.0 Å². The number of carbonyl (C=O) groups is 1. The van der Waals surface area contributed by atoms with Crippen molar-refractivity contribution in [3.05, 3.63) is 65.7 Å². The second-order valence-corrected chi connectivity index (χ2v) is 7.67. The van der Waals surface area contributed by atoms with Gasteiger partial charge in [0.25, 0.3) is 0 Å². The largest absolute Gasteiger partial charge is 0.356 e. The van der Waals surface area contributed by atoms with Crippen molar-refractivity contribution in [3.8, 4) is 0 Å². The first kappa shape index (κ1) is 19.1. The second-order valence-electron chi connectivity index (χ2n) is 5.90. The molecule has 0 fully saturated rings. The molecule has 1 amide bonds. The standard InChI is InChI=1S/C19H24N2O3S/c1-16-8-11-18(12-9-16)25(23,24)21-15-5-14-20-19(22)13-10-17-6-3-2-4-7-17/h2-4,6-9,11-12,21H,5,10,13-15H2,1H3,(H,20,22). The molecule has 134 valence electrons. The molecule has 5 nitrogen and oxygen atoms in total. The Bertz CT molecular complexity index is 772. The number of carbonyl (C=O) groups excluding carboxylic acids is 1. The summed E-state index contributed by atoms with van der Waals surface area (Å²) < 4.78 is 26.8. The van der Waals surface area contributed by atoms with Crippen LogP contribution in [-0.4, -0.2) is 27.4 Å². The molecule has 0 aliphatic rings. The first-order chi connectivity index (χ1) is 12.0. The van der Waals surface area contributed by atoms with E-state index in [2.05, 4.69) is 10.0 Å². The van der Waals surface area contributed by atoms with E-state index in [0.29, 0.717) is 25.8 Å². The molecule has 0 atom stereocenters. The number of hydrogen-bond donors (Lipinski definition) is 2. The van der Waals surface area contributed by atoms with Gasteiger partial charge in [-0.05, 0) is 37.5 Å². The average Bonchev–Trinajstić information content (AvgIpc) is 2.61. The van der Waals surface area contributed by atoms with Crippen molar-refractivity contribution in [1.29, 1.82) is 0 Å². The number of nitrogens with one attached hydrogen (secondary N) is 2. The van der Waals surface area contributed by atoms with E-state index < -0.39 is 10.0 Å². The monoisotopic (exact) mass is 360 g/mol. The summed E-state index contributed by atoms with van der Waals surface area (Å²) in [5.74, 6) is -0.0229. The third-order valence-corrected chi connectivity index (χ3v) is 5.26. The Morgan fingerprint density at radius 1 is 0.960 bits per heavy atom. The van der Waals surface area contributed by atoms with Crippen LogP contribution in [-0.2, 0) is 21.2 Å². The molecule has 0 aliphatic carbocycles. The molecule has 2 aromatic rings. The smallest absolute Gasteiger partial charge is 0.240 e. The molecule has 6 heteroatoms. The van der Waals surface area contributed by atoms with Crippen molar-refractivity contribution in [2.75, 3.05) is 13.1 Å². The lowest BCUT2D eigenvalue weighted by Gasteiger charge is -2.08. The highest BCUT2D eigenvalue weighted by atomic mass is 32.2. The van der Waals surface area contributed by atoms with E-state index in [4.69, 9.17) is 0 Å². The summed E-state index contributed by atoms with van der Waals surface area (Å²) in [4.78, 5) is 12.0. The van der Waals surface area contributed by atoms with Gasteiger partial charge in [-0.25, -0.2) is 13.1 Å². The topological polar surface area (TPSA) is 75.3 Å². The van der Waals surface area contributed by atoms with Gasteiger partial charge in [0.1, 0.15) is 0 Å². The minimum absolute atomic E-state index is 0.0229. The maximum absolute atomic E-state index is 12.1. The molecule has 0 aliphatic heterocycles. The summed E-state index contributed by atoms with van der Waals surface area (Å²) in [7, 11) is -3.49. The van der Waals surface area contributed by atoms with Crippen LogP contribution in [0.3, 0.4) is 0 Å². The lowest BCUT2D eigenvalue weighted by Crippen LogP contribution is -2.30. The number of rotatable bonds is 9. The van der Waals surface area contributed by atoms with Crippen LogP contribution < -0.4 is 10.0 Å². The molecule has 0 saturated heterocycles. The van der Waals surface area contributed by atoms with Crippen LogP contribution >= 0.6 is 0 Å². The van der Waals surface area contributed by atoms with Gasteiger partial charge >= 0.3 is 0 Å². The minimum Gasteiger partial charge on any atom is -0.356 e. The quantitative estimate of drug-likeness (QED) is 0.674. The van der Waals surface area contributed by atoms with Crippen LogP contribution in [0, 0.1) is 6.92 Å². The zero-order chi connectivity index (χ0) is 18.1. The van der Waals surface area contributed by atoms with Crippen LogP contribution in [0.15, 0.2) is 59.5 Å². The molecule has 0 heterocycles. The number of amides is 1. The Morgan fingerprint density at radius 3 is 2.32 bits per heavy atom. The van der Waals surface area contributed by atoms with E-state index in [1.807, 2.05) is 37.3 Å². The van der Waals surface area contributed by atoms with Gasteiger partial charge in [0, 0.05) is 19.5 Å². The zero-order valence-electron chi connectivity index (χ0n) is 14.4. The van der Waals surface area contributed by atoms with Gasteiger partial charge in [-0.15, -0.1) is 0 Å². The number of benzene rings is 2. The van der Waals surface area contributed by atoms with E-state index in [9.17, 15) is 13.2 Å². The average molecular weight is 360 g/mol. The maximum atomic E-state index is 12.1. The van der Waals surface area contributed by atoms with Gasteiger partial charge in [0.05, 0.1) is 4.90 Å². The fourth-order valence-corrected chi connectivity index (χ4v) is 3.39. The number of aryl methyl sites for hydroxylation is 2. The summed E-state index contributed by atoms with van der Waals surface area (Å²) in [6.07, 6.45) is 1.67. The Kier molecular flexibility index (Phi) is 7.16. The van der Waals surface area contributed by atoms with E-state index >= 15 is 0 Å². The predicted molar refractivity (Wildman–Crippen MR) is 98.8 cm³/mol. The molecule has 2 rings (SSSR count). The van der Waals surface area contributed by atoms with Crippen LogP contribution in [0.1, 0.15) is 24.0 Å². The van der Waals surface area contributed by atoms with Gasteiger partial charge in [-0.3, -0.25) is 4.79 Å². The van der Waals surface area contributed by atoms with Crippen LogP contribution in [0.2, 0.25) is 0 Å². The second kappa shape index (κ2) is 9.34.